The van der Waals surface area contributed by atoms with Crippen LogP contribution in [0.4, 0.5) is 31.1 Å². The van der Waals surface area contributed by atoms with Crippen LogP contribution in [0.3, 0.4) is 0 Å². The quantitative estimate of drug-likeness (QED) is 0.335. The molecule has 212 valence electrons. The number of alkyl halides is 6. The number of aliphatic hydroxyl groups is 1. The number of halogens is 6. The van der Waals surface area contributed by atoms with E-state index in [1.54, 1.807) is 18.2 Å². The predicted octanol–water partition coefficient (Wildman–Crippen LogP) is 5.22. The maximum atomic E-state index is 13.6. The van der Waals surface area contributed by atoms with Crippen molar-refractivity contribution in [1.82, 2.24) is 19.6 Å². The number of aliphatic hydroxyl groups excluding tert-OH is 1. The Kier molecular flexibility index (Phi) is 7.21. The van der Waals surface area contributed by atoms with Gasteiger partial charge in [0, 0.05) is 18.5 Å². The number of carbonyl (C=O) groups is 2. The molecule has 2 fully saturated rings. The Bertz CT molecular complexity index is 1520. The molecule has 1 N–H and O–H groups in total. The molecule has 0 saturated carbocycles. The molecule has 0 aliphatic carbocycles. The van der Waals surface area contributed by atoms with Gasteiger partial charge < -0.3 is 10.0 Å². The predicted molar refractivity (Wildman–Crippen MR) is 135 cm³/mol. The summed E-state index contributed by atoms with van der Waals surface area (Å²) in [5, 5.41) is 14.6. The van der Waals surface area contributed by atoms with Crippen LogP contribution in [0.5, 0.6) is 0 Å². The number of hydrogen-bond acceptors (Lipinski definition) is 6. The van der Waals surface area contributed by atoms with E-state index in [0.717, 1.165) is 22.7 Å². The fraction of sp³-hybridized carbons (Fsp3) is 0.346. The van der Waals surface area contributed by atoms with Crippen LogP contribution in [0.2, 0.25) is 0 Å². The average molecular weight is 585 g/mol. The molecular weight excluding hydrogens is 562 g/mol. The lowest BCUT2D eigenvalue weighted by Gasteiger charge is -2.37. The molecule has 1 aromatic heterocycles. The Morgan fingerprint density at radius 1 is 1.07 bits per heavy atom. The highest BCUT2D eigenvalue weighted by Gasteiger charge is 2.44. The van der Waals surface area contributed by atoms with Gasteiger partial charge in [0.15, 0.2) is 0 Å². The number of piperidine rings is 1. The van der Waals surface area contributed by atoms with Crippen molar-refractivity contribution in [3.8, 4) is 0 Å². The van der Waals surface area contributed by atoms with E-state index in [4.69, 9.17) is 0 Å². The number of amides is 2. The molecule has 2 unspecified atom stereocenters. The van der Waals surface area contributed by atoms with Gasteiger partial charge in [0.05, 0.1) is 46.4 Å². The van der Waals surface area contributed by atoms with E-state index in [9.17, 15) is 41.0 Å². The van der Waals surface area contributed by atoms with Gasteiger partial charge >= 0.3 is 12.4 Å². The van der Waals surface area contributed by atoms with Gasteiger partial charge in [-0.15, -0.1) is 0 Å². The number of benzene rings is 2. The highest BCUT2D eigenvalue weighted by Crippen LogP contribution is 2.38. The number of fused-ring (bicyclic) bond motifs is 1. The second kappa shape index (κ2) is 10.2. The Morgan fingerprint density at radius 3 is 2.50 bits per heavy atom. The SMILES string of the molecule is CN1CCC(N2C(=O)SC(=Cc3ccc4c(cnn4Cc4ccc(C(F)(F)F)cc4C(F)(F)F)c3)C2=O)C(O)C1. The van der Waals surface area contributed by atoms with Crippen molar-refractivity contribution < 1.29 is 41.0 Å². The van der Waals surface area contributed by atoms with Gasteiger partial charge in [0.2, 0.25) is 0 Å². The number of nitrogens with zero attached hydrogens (tertiary/aromatic N) is 4. The van der Waals surface area contributed by atoms with Gasteiger partial charge in [-0.25, -0.2) is 0 Å². The molecule has 0 radical (unpaired) electrons. The van der Waals surface area contributed by atoms with Crippen LogP contribution in [-0.2, 0) is 23.7 Å². The number of likely N-dealkylation sites (tertiary alicyclic amines) is 1. The molecule has 2 atom stereocenters. The fourth-order valence-corrected chi connectivity index (χ4v) is 5.82. The molecule has 40 heavy (non-hydrogen) atoms. The normalized spacial score (nSPS) is 22.2. The minimum Gasteiger partial charge on any atom is -0.390 e. The van der Waals surface area contributed by atoms with Crippen molar-refractivity contribution in [3.05, 3.63) is 69.8 Å². The van der Waals surface area contributed by atoms with Crippen LogP contribution in [-0.4, -0.2) is 68.1 Å². The molecule has 3 aromatic rings. The molecule has 5 rings (SSSR count). The van der Waals surface area contributed by atoms with Crippen molar-refractivity contribution >= 4 is 39.9 Å². The number of β-amino-alcohol motifs (C(OH)–C–C–N with tert-alkyl or cyclic N) is 1. The first kappa shape index (κ1) is 28.2. The maximum absolute atomic E-state index is 13.6. The first-order valence-electron chi connectivity index (χ1n) is 12.1. The van der Waals surface area contributed by atoms with E-state index >= 15 is 0 Å². The molecule has 2 saturated heterocycles. The minimum absolute atomic E-state index is 0.0940. The van der Waals surface area contributed by atoms with Gasteiger partial charge in [0.25, 0.3) is 11.1 Å². The van der Waals surface area contributed by atoms with Gasteiger partial charge in [-0.3, -0.25) is 19.2 Å². The molecule has 2 aliphatic heterocycles. The average Bonchev–Trinajstić information content (AvgIpc) is 3.37. The van der Waals surface area contributed by atoms with Gasteiger partial charge in [-0.05, 0) is 66.7 Å². The highest BCUT2D eigenvalue weighted by molar-refractivity contribution is 8.18. The summed E-state index contributed by atoms with van der Waals surface area (Å²) in [5.41, 5.74) is -2.21. The Morgan fingerprint density at radius 2 is 1.82 bits per heavy atom. The molecule has 14 heteroatoms. The molecule has 3 heterocycles. The summed E-state index contributed by atoms with van der Waals surface area (Å²) in [6.45, 7) is 0.538. The molecule has 7 nitrogen and oxygen atoms in total. The zero-order valence-corrected chi connectivity index (χ0v) is 21.6. The highest BCUT2D eigenvalue weighted by atomic mass is 32.2. The van der Waals surface area contributed by atoms with Crippen molar-refractivity contribution in [3.63, 3.8) is 0 Å². The second-order valence-corrected chi connectivity index (χ2v) is 10.7. The van der Waals surface area contributed by atoms with Crippen LogP contribution >= 0.6 is 11.8 Å². The number of carbonyl (C=O) groups excluding carboxylic acids is 2. The number of aromatic nitrogens is 2. The van der Waals surface area contributed by atoms with E-state index in [0.29, 0.717) is 42.0 Å². The van der Waals surface area contributed by atoms with Crippen LogP contribution in [0.25, 0.3) is 17.0 Å². The third-order valence-electron chi connectivity index (χ3n) is 6.93. The number of hydrogen-bond donors (Lipinski definition) is 1. The van der Waals surface area contributed by atoms with Crippen molar-refractivity contribution in [2.45, 2.75) is 37.5 Å². The monoisotopic (exact) mass is 584 g/mol. The standard InChI is InChI=1S/C26H22F6N4O3S/c1-34-7-6-20(21(37)13-34)36-23(38)22(40-24(36)39)9-14-2-5-19-16(8-14)11-33-35(19)12-15-3-4-17(25(27,28)29)10-18(15)26(30,31)32/h2-5,8-11,20-21,37H,6-7,12-13H2,1H3. The summed E-state index contributed by atoms with van der Waals surface area (Å²) in [6.07, 6.45) is -7.43. The number of imide groups is 1. The summed E-state index contributed by atoms with van der Waals surface area (Å²) in [7, 11) is 1.84. The lowest BCUT2D eigenvalue weighted by Crippen LogP contribution is -2.54. The van der Waals surface area contributed by atoms with E-state index in [1.165, 1.54) is 17.0 Å². The van der Waals surface area contributed by atoms with Gasteiger partial charge in [-0.2, -0.15) is 31.4 Å². The van der Waals surface area contributed by atoms with Crippen LogP contribution in [0.15, 0.2) is 47.5 Å². The van der Waals surface area contributed by atoms with Gasteiger partial charge in [0.1, 0.15) is 0 Å². The first-order chi connectivity index (χ1) is 18.7. The first-order valence-corrected chi connectivity index (χ1v) is 12.9. The Labute approximate surface area is 228 Å². The Balaban J connectivity index is 1.39. The Hall–Kier alpha value is -3.36. The van der Waals surface area contributed by atoms with E-state index in [2.05, 4.69) is 5.10 Å². The summed E-state index contributed by atoms with van der Waals surface area (Å²) in [6, 6.07) is 5.66. The third kappa shape index (κ3) is 5.47. The molecule has 0 bridgehead atoms. The van der Waals surface area contributed by atoms with E-state index < -0.39 is 53.3 Å². The summed E-state index contributed by atoms with van der Waals surface area (Å²) in [5.74, 6) is -0.513. The second-order valence-electron chi connectivity index (χ2n) is 9.73. The summed E-state index contributed by atoms with van der Waals surface area (Å²) < 4.78 is 81.0. The summed E-state index contributed by atoms with van der Waals surface area (Å²) in [4.78, 5) is 28.8. The largest absolute Gasteiger partial charge is 0.416 e. The minimum atomic E-state index is -5.00. The molecular formula is C26H22F6N4O3S. The van der Waals surface area contributed by atoms with Crippen molar-refractivity contribution in [1.29, 1.82) is 0 Å². The zero-order valence-electron chi connectivity index (χ0n) is 20.8. The third-order valence-corrected chi connectivity index (χ3v) is 7.81. The van der Waals surface area contributed by atoms with Gasteiger partial charge in [-0.1, -0.05) is 12.1 Å². The van der Waals surface area contributed by atoms with E-state index in [1.807, 2.05) is 11.9 Å². The number of thioether (sulfide) groups is 1. The lowest BCUT2D eigenvalue weighted by molar-refractivity contribution is -0.143. The number of likely N-dealkylation sites (N-methyl/N-ethyl adjacent to an activating group) is 1. The molecule has 2 aromatic carbocycles. The number of rotatable bonds is 4. The zero-order chi connectivity index (χ0) is 29.0. The fourth-order valence-electron chi connectivity index (χ4n) is 4.93. The van der Waals surface area contributed by atoms with Crippen LogP contribution in [0, 0.1) is 0 Å². The molecule has 2 aliphatic rings. The van der Waals surface area contributed by atoms with E-state index in [-0.39, 0.29) is 16.5 Å². The van der Waals surface area contributed by atoms with Crippen molar-refractivity contribution in [2.24, 2.45) is 0 Å². The smallest absolute Gasteiger partial charge is 0.390 e. The summed E-state index contributed by atoms with van der Waals surface area (Å²) >= 11 is 0.759. The topological polar surface area (TPSA) is 78.7 Å². The van der Waals surface area contributed by atoms with Crippen molar-refractivity contribution in [2.75, 3.05) is 20.1 Å². The molecule has 2 amide bonds. The van der Waals surface area contributed by atoms with Crippen LogP contribution < -0.4 is 0 Å². The van der Waals surface area contributed by atoms with Crippen LogP contribution in [0.1, 0.15) is 28.7 Å². The molecule has 0 spiro atoms. The lowest BCUT2D eigenvalue weighted by atomic mass is 10.0. The maximum Gasteiger partial charge on any atom is 0.416 e.